The van der Waals surface area contributed by atoms with E-state index in [0.717, 1.165) is 18.2 Å². The summed E-state index contributed by atoms with van der Waals surface area (Å²) < 4.78 is 0. The summed E-state index contributed by atoms with van der Waals surface area (Å²) >= 11 is 9.00. The van der Waals surface area contributed by atoms with E-state index >= 15 is 0 Å². The van der Waals surface area contributed by atoms with Crippen LogP contribution in [0.25, 0.3) is 0 Å². The van der Waals surface area contributed by atoms with E-state index in [1.165, 1.54) is 0 Å². The Morgan fingerprint density at radius 3 is 3.00 bits per heavy atom. The molecule has 1 N–H and O–H groups in total. The molecule has 15 heavy (non-hydrogen) atoms. The molecule has 0 bridgehead atoms. The number of carbonyl (C=O) groups is 1. The predicted octanol–water partition coefficient (Wildman–Crippen LogP) is 3.24. The van der Waals surface area contributed by atoms with Gasteiger partial charge in [-0.15, -0.1) is 0 Å². The van der Waals surface area contributed by atoms with Crippen LogP contribution >= 0.6 is 27.5 Å². The monoisotopic (exact) mass is 290 g/mol. The van der Waals surface area contributed by atoms with Gasteiger partial charge in [0.05, 0.1) is 0 Å². The summed E-state index contributed by atoms with van der Waals surface area (Å²) in [4.78, 5) is 15.2. The van der Waals surface area contributed by atoms with Crippen LogP contribution < -0.4 is 5.32 Å². The second-order valence-corrected chi connectivity index (χ2v) is 4.24. The van der Waals surface area contributed by atoms with Gasteiger partial charge in [0.1, 0.15) is 5.15 Å². The van der Waals surface area contributed by atoms with Crippen LogP contribution in [0.2, 0.25) is 5.15 Å². The van der Waals surface area contributed by atoms with Gasteiger partial charge in [0.15, 0.2) is 0 Å². The standard InChI is InChI=1S/C10H12BrClN2O/c11-5-2-1-3-10(15)14-8-4-6-13-9(12)7-8/h4,6-7H,1-3,5H2,(H,13,14,15). The summed E-state index contributed by atoms with van der Waals surface area (Å²) in [6.45, 7) is 0. The zero-order valence-electron chi connectivity index (χ0n) is 8.17. The highest BCUT2D eigenvalue weighted by Gasteiger charge is 2.02. The van der Waals surface area contributed by atoms with Crippen LogP contribution in [0.1, 0.15) is 19.3 Å². The van der Waals surface area contributed by atoms with E-state index in [0.29, 0.717) is 17.3 Å². The molecule has 0 aromatic carbocycles. The molecule has 1 aromatic rings. The van der Waals surface area contributed by atoms with Crippen molar-refractivity contribution in [2.45, 2.75) is 19.3 Å². The lowest BCUT2D eigenvalue weighted by Gasteiger charge is -2.04. The van der Waals surface area contributed by atoms with E-state index in [1.807, 2.05) is 0 Å². The Hall–Kier alpha value is -0.610. The molecule has 0 saturated carbocycles. The lowest BCUT2D eigenvalue weighted by Crippen LogP contribution is -2.11. The van der Waals surface area contributed by atoms with Crippen molar-refractivity contribution in [3.8, 4) is 0 Å². The summed E-state index contributed by atoms with van der Waals surface area (Å²) in [7, 11) is 0. The number of unbranched alkanes of at least 4 members (excludes halogenated alkanes) is 1. The number of carbonyl (C=O) groups excluding carboxylic acids is 1. The highest BCUT2D eigenvalue weighted by Crippen LogP contribution is 2.12. The molecule has 0 fully saturated rings. The first kappa shape index (κ1) is 12.5. The maximum Gasteiger partial charge on any atom is 0.224 e. The molecule has 0 aliphatic heterocycles. The van der Waals surface area contributed by atoms with Crippen LogP contribution in [0, 0.1) is 0 Å². The molecule has 0 spiro atoms. The summed E-state index contributed by atoms with van der Waals surface area (Å²) in [5.41, 5.74) is 0.693. The Kier molecular flexibility index (Phi) is 5.65. The van der Waals surface area contributed by atoms with E-state index in [1.54, 1.807) is 18.3 Å². The molecular formula is C10H12BrClN2O. The van der Waals surface area contributed by atoms with E-state index in [4.69, 9.17) is 11.6 Å². The molecule has 0 aliphatic rings. The lowest BCUT2D eigenvalue weighted by molar-refractivity contribution is -0.116. The first-order valence-electron chi connectivity index (χ1n) is 4.70. The fraction of sp³-hybridized carbons (Fsp3) is 0.400. The average Bonchev–Trinajstić information content (AvgIpc) is 2.18. The van der Waals surface area contributed by atoms with Crippen molar-refractivity contribution in [2.75, 3.05) is 10.6 Å². The van der Waals surface area contributed by atoms with Gasteiger partial charge in [-0.25, -0.2) is 4.98 Å². The van der Waals surface area contributed by atoms with Crippen molar-refractivity contribution in [1.29, 1.82) is 0 Å². The maximum absolute atomic E-state index is 11.4. The van der Waals surface area contributed by atoms with Crippen LogP contribution in [-0.2, 0) is 4.79 Å². The minimum atomic E-state index is 0.0122. The average molecular weight is 292 g/mol. The Morgan fingerprint density at radius 2 is 2.33 bits per heavy atom. The summed E-state index contributed by atoms with van der Waals surface area (Å²) in [6.07, 6.45) is 3.99. The number of alkyl halides is 1. The summed E-state index contributed by atoms with van der Waals surface area (Å²) in [6, 6.07) is 3.35. The van der Waals surface area contributed by atoms with Crippen molar-refractivity contribution in [3.63, 3.8) is 0 Å². The molecule has 0 aliphatic carbocycles. The molecule has 3 nitrogen and oxygen atoms in total. The topological polar surface area (TPSA) is 42.0 Å². The zero-order valence-corrected chi connectivity index (χ0v) is 10.5. The molecule has 0 atom stereocenters. The van der Waals surface area contributed by atoms with Crippen LogP contribution in [0.5, 0.6) is 0 Å². The largest absolute Gasteiger partial charge is 0.326 e. The first-order valence-corrected chi connectivity index (χ1v) is 6.19. The molecule has 1 rings (SSSR count). The van der Waals surface area contributed by atoms with Crippen molar-refractivity contribution in [2.24, 2.45) is 0 Å². The highest BCUT2D eigenvalue weighted by molar-refractivity contribution is 9.09. The van der Waals surface area contributed by atoms with Gasteiger partial charge in [-0.3, -0.25) is 4.79 Å². The van der Waals surface area contributed by atoms with Gasteiger partial charge in [0.2, 0.25) is 5.91 Å². The molecule has 0 saturated heterocycles. The molecule has 0 unspecified atom stereocenters. The number of amides is 1. The number of anilines is 1. The minimum absolute atomic E-state index is 0.0122. The fourth-order valence-electron chi connectivity index (χ4n) is 1.08. The molecule has 1 aromatic heterocycles. The number of nitrogens with one attached hydrogen (secondary N) is 1. The van der Waals surface area contributed by atoms with Crippen LogP contribution in [0.3, 0.4) is 0 Å². The van der Waals surface area contributed by atoms with E-state index < -0.39 is 0 Å². The van der Waals surface area contributed by atoms with Crippen LogP contribution in [0.15, 0.2) is 18.3 Å². The van der Waals surface area contributed by atoms with Crippen molar-refractivity contribution >= 4 is 39.1 Å². The van der Waals surface area contributed by atoms with Gasteiger partial charge < -0.3 is 5.32 Å². The Morgan fingerprint density at radius 1 is 1.53 bits per heavy atom. The second-order valence-electron chi connectivity index (χ2n) is 3.06. The lowest BCUT2D eigenvalue weighted by atomic mass is 10.2. The van der Waals surface area contributed by atoms with E-state index in [9.17, 15) is 4.79 Å². The summed E-state index contributed by atoms with van der Waals surface area (Å²) in [5, 5.41) is 4.08. The normalized spacial score (nSPS) is 10.0. The smallest absolute Gasteiger partial charge is 0.224 e. The van der Waals surface area contributed by atoms with Gasteiger partial charge in [0, 0.05) is 23.6 Å². The number of aromatic nitrogens is 1. The minimum Gasteiger partial charge on any atom is -0.326 e. The van der Waals surface area contributed by atoms with Gasteiger partial charge in [0.25, 0.3) is 0 Å². The van der Waals surface area contributed by atoms with Crippen molar-refractivity contribution < 1.29 is 4.79 Å². The Balaban J connectivity index is 2.37. The van der Waals surface area contributed by atoms with Crippen molar-refractivity contribution in [3.05, 3.63) is 23.5 Å². The number of halogens is 2. The Bertz CT molecular complexity index is 333. The van der Waals surface area contributed by atoms with Crippen LogP contribution in [-0.4, -0.2) is 16.2 Å². The molecule has 82 valence electrons. The maximum atomic E-state index is 11.4. The van der Waals surface area contributed by atoms with Gasteiger partial charge in [-0.05, 0) is 25.0 Å². The SMILES string of the molecule is O=C(CCCCBr)Nc1ccnc(Cl)c1. The van der Waals surface area contributed by atoms with Gasteiger partial charge in [-0.1, -0.05) is 27.5 Å². The molecule has 1 heterocycles. The molecule has 1 amide bonds. The second kappa shape index (κ2) is 6.80. The number of hydrogen-bond acceptors (Lipinski definition) is 2. The van der Waals surface area contributed by atoms with E-state index in [2.05, 4.69) is 26.2 Å². The predicted molar refractivity (Wildman–Crippen MR) is 65.5 cm³/mol. The fourth-order valence-corrected chi connectivity index (χ4v) is 1.65. The molecular weight excluding hydrogens is 279 g/mol. The Labute approximate surface area is 102 Å². The van der Waals surface area contributed by atoms with Crippen molar-refractivity contribution in [1.82, 2.24) is 4.98 Å². The molecule has 0 radical (unpaired) electrons. The summed E-state index contributed by atoms with van der Waals surface area (Å²) in [5.74, 6) is 0.0122. The first-order chi connectivity index (χ1) is 7.22. The number of rotatable bonds is 5. The van der Waals surface area contributed by atoms with E-state index in [-0.39, 0.29) is 5.91 Å². The number of pyridine rings is 1. The quantitative estimate of drug-likeness (QED) is 0.514. The third kappa shape index (κ3) is 5.14. The van der Waals surface area contributed by atoms with Crippen LogP contribution in [0.4, 0.5) is 5.69 Å². The number of hydrogen-bond donors (Lipinski definition) is 1. The highest BCUT2D eigenvalue weighted by atomic mass is 79.9. The van der Waals surface area contributed by atoms with Gasteiger partial charge >= 0.3 is 0 Å². The number of nitrogens with zero attached hydrogens (tertiary/aromatic N) is 1. The molecule has 5 heteroatoms. The third-order valence-corrected chi connectivity index (χ3v) is 2.57. The third-order valence-electron chi connectivity index (χ3n) is 1.80. The van der Waals surface area contributed by atoms with Gasteiger partial charge in [-0.2, -0.15) is 0 Å². The zero-order chi connectivity index (χ0) is 11.1.